The van der Waals surface area contributed by atoms with Crippen LogP contribution in [0.15, 0.2) is 0 Å². The van der Waals surface area contributed by atoms with E-state index in [1.807, 2.05) is 0 Å². The Morgan fingerprint density at radius 3 is 2.59 bits per heavy atom. The van der Waals surface area contributed by atoms with E-state index in [1.54, 1.807) is 0 Å². The van der Waals surface area contributed by atoms with Crippen LogP contribution in [-0.4, -0.2) is 55.4 Å². The van der Waals surface area contributed by atoms with Gasteiger partial charge in [0.05, 0.1) is 11.7 Å². The molecule has 1 saturated heterocycles. The first-order valence-electron chi connectivity index (χ1n) is 5.48. The van der Waals surface area contributed by atoms with Crippen molar-refractivity contribution in [2.45, 2.75) is 19.3 Å². The molecular formula is C10H17NO5S. The Balaban J connectivity index is 2.49. The molecule has 1 fully saturated rings. The first-order chi connectivity index (χ1) is 7.79. The molecule has 1 rings (SSSR count). The van der Waals surface area contributed by atoms with E-state index in [0.29, 0.717) is 19.4 Å². The number of rotatable bonds is 4. The number of carboxylic acids is 1. The molecule has 0 radical (unpaired) electrons. The van der Waals surface area contributed by atoms with Crippen molar-refractivity contribution < 1.29 is 23.1 Å². The molecule has 0 aromatic heterocycles. The summed E-state index contributed by atoms with van der Waals surface area (Å²) in [5.74, 6) is -1.88. The van der Waals surface area contributed by atoms with Gasteiger partial charge in [0, 0.05) is 25.8 Å². The molecule has 6 nitrogen and oxygen atoms in total. The van der Waals surface area contributed by atoms with Crippen LogP contribution in [0.5, 0.6) is 0 Å². The molecule has 1 amide bonds. The average Bonchev–Trinajstić information content (AvgIpc) is 2.25. The minimum atomic E-state index is -3.15. The van der Waals surface area contributed by atoms with Gasteiger partial charge in [-0.05, 0) is 12.8 Å². The molecule has 0 saturated carbocycles. The fourth-order valence-corrected chi connectivity index (χ4v) is 2.38. The van der Waals surface area contributed by atoms with Gasteiger partial charge in [-0.3, -0.25) is 9.59 Å². The van der Waals surface area contributed by atoms with Crippen molar-refractivity contribution in [1.29, 1.82) is 0 Å². The lowest BCUT2D eigenvalue weighted by Crippen LogP contribution is -2.42. The Morgan fingerprint density at radius 2 is 2.06 bits per heavy atom. The van der Waals surface area contributed by atoms with Gasteiger partial charge < -0.3 is 10.0 Å². The Kier molecular flexibility index (Phi) is 4.50. The van der Waals surface area contributed by atoms with Crippen molar-refractivity contribution in [2.24, 2.45) is 5.92 Å². The van der Waals surface area contributed by atoms with E-state index < -0.39 is 21.7 Å². The monoisotopic (exact) mass is 263 g/mol. The zero-order valence-corrected chi connectivity index (χ0v) is 10.6. The minimum absolute atomic E-state index is 0.0643. The maximum absolute atomic E-state index is 11.7. The van der Waals surface area contributed by atoms with Crippen LogP contribution in [0, 0.1) is 5.92 Å². The summed E-state index contributed by atoms with van der Waals surface area (Å²) in [6.07, 6.45) is 2.24. The number of hydrogen-bond acceptors (Lipinski definition) is 4. The van der Waals surface area contributed by atoms with E-state index in [2.05, 4.69) is 0 Å². The lowest BCUT2D eigenvalue weighted by molar-refractivity contribution is -0.145. The van der Waals surface area contributed by atoms with Crippen LogP contribution >= 0.6 is 0 Å². The predicted molar refractivity (Wildman–Crippen MR) is 61.3 cm³/mol. The van der Waals surface area contributed by atoms with Crippen LogP contribution in [0.3, 0.4) is 0 Å². The molecular weight excluding hydrogens is 246 g/mol. The van der Waals surface area contributed by atoms with Gasteiger partial charge in [-0.15, -0.1) is 0 Å². The Bertz CT molecular complexity index is 403. The maximum atomic E-state index is 11.7. The van der Waals surface area contributed by atoms with Crippen LogP contribution in [0.2, 0.25) is 0 Å². The van der Waals surface area contributed by atoms with Gasteiger partial charge >= 0.3 is 5.97 Å². The molecule has 0 aromatic rings. The van der Waals surface area contributed by atoms with Gasteiger partial charge in [0.25, 0.3) is 0 Å². The summed E-state index contributed by atoms with van der Waals surface area (Å²) in [5, 5.41) is 8.86. The number of hydrogen-bond donors (Lipinski definition) is 1. The molecule has 1 aliphatic rings. The standard InChI is InChI=1S/C10H17NO5S/c1-17(15,16)6-4-9(12)11-5-2-3-8(7-11)10(13)14/h8H,2-7H2,1H3,(H,13,14)/t8-/m1/s1. The smallest absolute Gasteiger partial charge is 0.308 e. The quantitative estimate of drug-likeness (QED) is 0.754. The Hall–Kier alpha value is -1.11. The molecule has 1 atom stereocenters. The molecule has 7 heteroatoms. The number of carboxylic acid groups (broad SMARTS) is 1. The third-order valence-corrected chi connectivity index (χ3v) is 3.76. The van der Waals surface area contributed by atoms with Crippen LogP contribution < -0.4 is 0 Å². The number of sulfone groups is 1. The summed E-state index contributed by atoms with van der Waals surface area (Å²) in [5.41, 5.74) is 0. The average molecular weight is 263 g/mol. The number of carbonyl (C=O) groups excluding carboxylic acids is 1. The summed E-state index contributed by atoms with van der Waals surface area (Å²) in [6, 6.07) is 0. The van der Waals surface area contributed by atoms with Crippen molar-refractivity contribution in [3.05, 3.63) is 0 Å². The first-order valence-corrected chi connectivity index (χ1v) is 7.54. The second-order valence-corrected chi connectivity index (χ2v) is 6.66. The Labute approximate surface area is 101 Å². The summed E-state index contributed by atoms with van der Waals surface area (Å²) < 4.78 is 21.9. The highest BCUT2D eigenvalue weighted by molar-refractivity contribution is 7.90. The third kappa shape index (κ3) is 4.72. The van der Waals surface area contributed by atoms with Crippen molar-refractivity contribution in [2.75, 3.05) is 25.1 Å². The zero-order valence-electron chi connectivity index (χ0n) is 9.76. The summed E-state index contributed by atoms with van der Waals surface area (Å²) >= 11 is 0. The SMILES string of the molecule is CS(=O)(=O)CCC(=O)N1CCC[C@@H](C(=O)O)C1. The van der Waals surface area contributed by atoms with Crippen LogP contribution in [0.1, 0.15) is 19.3 Å². The van der Waals surface area contributed by atoms with E-state index in [4.69, 9.17) is 5.11 Å². The van der Waals surface area contributed by atoms with Gasteiger partial charge in [0.15, 0.2) is 0 Å². The number of aliphatic carboxylic acids is 1. The van der Waals surface area contributed by atoms with Gasteiger partial charge in [0.2, 0.25) is 5.91 Å². The van der Waals surface area contributed by atoms with E-state index in [1.165, 1.54) is 4.90 Å². The lowest BCUT2D eigenvalue weighted by Gasteiger charge is -2.30. The molecule has 1 N–H and O–H groups in total. The highest BCUT2D eigenvalue weighted by atomic mass is 32.2. The number of nitrogens with zero attached hydrogens (tertiary/aromatic N) is 1. The van der Waals surface area contributed by atoms with E-state index in [9.17, 15) is 18.0 Å². The van der Waals surface area contributed by atoms with Gasteiger partial charge in [-0.25, -0.2) is 8.42 Å². The molecule has 17 heavy (non-hydrogen) atoms. The highest BCUT2D eigenvalue weighted by Gasteiger charge is 2.28. The normalized spacial score (nSPS) is 21.2. The van der Waals surface area contributed by atoms with E-state index in [0.717, 1.165) is 6.26 Å². The molecule has 98 valence electrons. The van der Waals surface area contributed by atoms with Crippen LogP contribution in [-0.2, 0) is 19.4 Å². The van der Waals surface area contributed by atoms with E-state index >= 15 is 0 Å². The fourth-order valence-electron chi connectivity index (χ4n) is 1.84. The largest absolute Gasteiger partial charge is 0.481 e. The van der Waals surface area contributed by atoms with Crippen molar-refractivity contribution in [3.63, 3.8) is 0 Å². The van der Waals surface area contributed by atoms with Crippen molar-refractivity contribution in [1.82, 2.24) is 4.90 Å². The third-order valence-electron chi connectivity index (χ3n) is 2.81. The number of likely N-dealkylation sites (tertiary alicyclic amines) is 1. The molecule has 1 aliphatic heterocycles. The summed E-state index contributed by atoms with van der Waals surface area (Å²) in [4.78, 5) is 23.9. The molecule has 0 unspecified atom stereocenters. The first kappa shape index (κ1) is 14.0. The van der Waals surface area contributed by atoms with Gasteiger partial charge in [-0.1, -0.05) is 0 Å². The van der Waals surface area contributed by atoms with Crippen molar-refractivity contribution in [3.8, 4) is 0 Å². The Morgan fingerprint density at radius 1 is 1.41 bits per heavy atom. The number of carbonyl (C=O) groups is 2. The molecule has 1 heterocycles. The fraction of sp³-hybridized carbons (Fsp3) is 0.800. The number of amides is 1. The lowest BCUT2D eigenvalue weighted by atomic mass is 9.98. The minimum Gasteiger partial charge on any atom is -0.481 e. The van der Waals surface area contributed by atoms with E-state index in [-0.39, 0.29) is 24.6 Å². The predicted octanol–water partition coefficient (Wildman–Crippen LogP) is -0.256. The highest BCUT2D eigenvalue weighted by Crippen LogP contribution is 2.17. The summed E-state index contributed by atoms with van der Waals surface area (Å²) in [6.45, 7) is 0.713. The van der Waals surface area contributed by atoms with Gasteiger partial charge in [-0.2, -0.15) is 0 Å². The number of piperidine rings is 1. The topological polar surface area (TPSA) is 91.8 Å². The van der Waals surface area contributed by atoms with Crippen LogP contribution in [0.25, 0.3) is 0 Å². The maximum Gasteiger partial charge on any atom is 0.308 e. The summed E-state index contributed by atoms with van der Waals surface area (Å²) in [7, 11) is -3.15. The van der Waals surface area contributed by atoms with Gasteiger partial charge in [0.1, 0.15) is 9.84 Å². The molecule has 0 aromatic carbocycles. The molecule has 0 spiro atoms. The van der Waals surface area contributed by atoms with Crippen LogP contribution in [0.4, 0.5) is 0 Å². The second-order valence-electron chi connectivity index (χ2n) is 4.40. The van der Waals surface area contributed by atoms with Crippen molar-refractivity contribution >= 4 is 21.7 Å². The molecule has 0 bridgehead atoms. The zero-order chi connectivity index (χ0) is 13.1. The molecule has 0 aliphatic carbocycles. The second kappa shape index (κ2) is 5.48.